The van der Waals surface area contributed by atoms with Gasteiger partial charge in [-0.25, -0.2) is 0 Å². The van der Waals surface area contributed by atoms with E-state index in [9.17, 15) is 5.11 Å². The number of benzene rings is 1. The molecule has 2 aliphatic carbocycles. The molecule has 1 heteroatoms. The van der Waals surface area contributed by atoms with Crippen LogP contribution in [0, 0.1) is 12.3 Å². The summed E-state index contributed by atoms with van der Waals surface area (Å²) in [5, 5.41) is 9.78. The van der Waals surface area contributed by atoms with Crippen LogP contribution >= 0.6 is 0 Å². The van der Waals surface area contributed by atoms with Crippen molar-refractivity contribution in [3.8, 4) is 5.75 Å². The van der Waals surface area contributed by atoms with Crippen LogP contribution in [-0.2, 0) is 6.42 Å². The number of aromatic hydroxyl groups is 1. The standard InChI is InChI=1S/C13H15O/c1-13-7-3-5-10-9(11(13)8-13)4-2-6-12(10)14/h2,4,6,11,14H,1,3,5,7-8H2. The lowest BCUT2D eigenvalue weighted by Gasteiger charge is -2.08. The predicted molar refractivity (Wildman–Crippen MR) is 56.2 cm³/mol. The molecular formula is C13H15O. The van der Waals surface area contributed by atoms with Gasteiger partial charge in [-0.15, -0.1) is 0 Å². The van der Waals surface area contributed by atoms with Crippen molar-refractivity contribution in [2.24, 2.45) is 5.41 Å². The van der Waals surface area contributed by atoms with Crippen LogP contribution in [0.25, 0.3) is 0 Å². The van der Waals surface area contributed by atoms with E-state index in [0.717, 1.165) is 6.42 Å². The highest BCUT2D eigenvalue weighted by atomic mass is 16.3. The molecule has 0 aromatic heterocycles. The van der Waals surface area contributed by atoms with Crippen molar-refractivity contribution in [1.29, 1.82) is 0 Å². The second-order valence-corrected chi connectivity index (χ2v) is 4.82. The number of hydrogen-bond acceptors (Lipinski definition) is 1. The summed E-state index contributed by atoms with van der Waals surface area (Å²) in [7, 11) is 0. The van der Waals surface area contributed by atoms with Crippen LogP contribution in [0.15, 0.2) is 18.2 Å². The molecular weight excluding hydrogens is 172 g/mol. The molecule has 0 bridgehead atoms. The van der Waals surface area contributed by atoms with E-state index in [1.165, 1.54) is 30.4 Å². The molecule has 1 saturated carbocycles. The molecule has 0 heterocycles. The fraction of sp³-hybridized carbons (Fsp3) is 0.462. The van der Waals surface area contributed by atoms with Crippen molar-refractivity contribution in [3.63, 3.8) is 0 Å². The Morgan fingerprint density at radius 1 is 1.43 bits per heavy atom. The topological polar surface area (TPSA) is 20.2 Å². The van der Waals surface area contributed by atoms with E-state index in [1.54, 1.807) is 6.07 Å². The Hall–Kier alpha value is -0.980. The molecule has 1 aromatic rings. The molecule has 0 aliphatic heterocycles. The maximum absolute atomic E-state index is 9.78. The van der Waals surface area contributed by atoms with Crippen molar-refractivity contribution < 1.29 is 5.11 Å². The summed E-state index contributed by atoms with van der Waals surface area (Å²) in [5.41, 5.74) is 2.84. The van der Waals surface area contributed by atoms with Crippen molar-refractivity contribution in [2.75, 3.05) is 0 Å². The monoisotopic (exact) mass is 187 g/mol. The van der Waals surface area contributed by atoms with Gasteiger partial charge in [0.25, 0.3) is 0 Å². The first-order valence-electron chi connectivity index (χ1n) is 5.37. The molecule has 2 aliphatic rings. The van der Waals surface area contributed by atoms with Crippen molar-refractivity contribution in [3.05, 3.63) is 36.2 Å². The summed E-state index contributed by atoms with van der Waals surface area (Å²) < 4.78 is 0. The van der Waals surface area contributed by atoms with E-state index >= 15 is 0 Å². The van der Waals surface area contributed by atoms with Gasteiger partial charge in [0, 0.05) is 0 Å². The number of fused-ring (bicyclic) bond motifs is 3. The quantitative estimate of drug-likeness (QED) is 0.662. The summed E-state index contributed by atoms with van der Waals surface area (Å²) in [6.07, 6.45) is 4.62. The molecule has 14 heavy (non-hydrogen) atoms. The van der Waals surface area contributed by atoms with Gasteiger partial charge in [-0.3, -0.25) is 0 Å². The molecule has 1 N–H and O–H groups in total. The van der Waals surface area contributed by atoms with Gasteiger partial charge in [0.15, 0.2) is 0 Å². The van der Waals surface area contributed by atoms with E-state index in [2.05, 4.69) is 13.0 Å². The van der Waals surface area contributed by atoms with E-state index in [-0.39, 0.29) is 0 Å². The summed E-state index contributed by atoms with van der Waals surface area (Å²) >= 11 is 0. The lowest BCUT2D eigenvalue weighted by atomic mass is 9.98. The largest absolute Gasteiger partial charge is 0.508 e. The lowest BCUT2D eigenvalue weighted by Crippen LogP contribution is -1.94. The van der Waals surface area contributed by atoms with Gasteiger partial charge in [0.1, 0.15) is 5.75 Å². The normalized spacial score (nSPS) is 34.2. The van der Waals surface area contributed by atoms with Crippen LogP contribution in [0.4, 0.5) is 0 Å². The molecule has 2 unspecified atom stereocenters. The van der Waals surface area contributed by atoms with Crippen molar-refractivity contribution >= 4 is 0 Å². The molecule has 0 amide bonds. The number of phenols is 1. The maximum Gasteiger partial charge on any atom is 0.119 e. The second kappa shape index (κ2) is 2.53. The van der Waals surface area contributed by atoms with Gasteiger partial charge >= 0.3 is 0 Å². The minimum atomic E-state index is 0.305. The molecule has 1 radical (unpaired) electrons. The van der Waals surface area contributed by atoms with Gasteiger partial charge in [-0.05, 0) is 61.1 Å². The Morgan fingerprint density at radius 3 is 3.14 bits per heavy atom. The molecule has 0 saturated heterocycles. The molecule has 2 atom stereocenters. The lowest BCUT2D eigenvalue weighted by molar-refractivity contribution is 0.465. The summed E-state index contributed by atoms with van der Waals surface area (Å²) in [5.74, 6) is 1.10. The summed E-state index contributed by atoms with van der Waals surface area (Å²) in [4.78, 5) is 0. The number of phenolic OH excluding ortho intramolecular Hbond substituents is 1. The Labute approximate surface area is 84.8 Å². The minimum Gasteiger partial charge on any atom is -0.508 e. The van der Waals surface area contributed by atoms with E-state index in [4.69, 9.17) is 0 Å². The Kier molecular flexibility index (Phi) is 1.51. The molecule has 73 valence electrons. The van der Waals surface area contributed by atoms with Crippen molar-refractivity contribution in [2.45, 2.75) is 31.6 Å². The smallest absolute Gasteiger partial charge is 0.119 e. The van der Waals surface area contributed by atoms with Gasteiger partial charge in [0.2, 0.25) is 0 Å². The SMILES string of the molecule is [CH2]C12CCCc3c(O)cccc3C1C2. The van der Waals surface area contributed by atoms with Crippen LogP contribution in [0.1, 0.15) is 36.3 Å². The van der Waals surface area contributed by atoms with Gasteiger partial charge < -0.3 is 5.11 Å². The van der Waals surface area contributed by atoms with E-state index in [0.29, 0.717) is 17.1 Å². The third-order valence-electron chi connectivity index (χ3n) is 3.85. The summed E-state index contributed by atoms with van der Waals surface area (Å²) in [6.45, 7) is 4.31. The average molecular weight is 187 g/mol. The summed E-state index contributed by atoms with van der Waals surface area (Å²) in [6, 6.07) is 5.92. The highest BCUT2D eigenvalue weighted by Gasteiger charge is 2.52. The fourth-order valence-electron chi connectivity index (χ4n) is 2.87. The molecule has 1 fully saturated rings. The first-order chi connectivity index (χ1) is 6.71. The van der Waals surface area contributed by atoms with Crippen LogP contribution in [0.5, 0.6) is 5.75 Å². The highest BCUT2D eigenvalue weighted by molar-refractivity contribution is 5.46. The Balaban J connectivity index is 2.12. The average Bonchev–Trinajstić information content (AvgIpc) is 2.81. The van der Waals surface area contributed by atoms with Crippen LogP contribution in [0.2, 0.25) is 0 Å². The van der Waals surface area contributed by atoms with E-state index in [1.807, 2.05) is 6.07 Å². The first kappa shape index (κ1) is 8.34. The third-order valence-corrected chi connectivity index (χ3v) is 3.85. The molecule has 3 rings (SSSR count). The molecule has 1 nitrogen and oxygen atoms in total. The molecule has 0 spiro atoms. The van der Waals surface area contributed by atoms with Crippen LogP contribution < -0.4 is 0 Å². The number of hydrogen-bond donors (Lipinski definition) is 1. The Morgan fingerprint density at radius 2 is 2.29 bits per heavy atom. The van der Waals surface area contributed by atoms with E-state index < -0.39 is 0 Å². The fourth-order valence-corrected chi connectivity index (χ4v) is 2.87. The minimum absolute atomic E-state index is 0.305. The van der Waals surface area contributed by atoms with Gasteiger partial charge in [0.05, 0.1) is 0 Å². The Bertz CT molecular complexity index is 383. The number of rotatable bonds is 0. The second-order valence-electron chi connectivity index (χ2n) is 4.82. The van der Waals surface area contributed by atoms with Crippen LogP contribution in [0.3, 0.4) is 0 Å². The predicted octanol–water partition coefficient (Wildman–Crippen LogP) is 3.04. The zero-order valence-corrected chi connectivity index (χ0v) is 8.29. The maximum atomic E-state index is 9.78. The van der Waals surface area contributed by atoms with Gasteiger partial charge in [-0.1, -0.05) is 12.1 Å². The third kappa shape index (κ3) is 1.01. The molecule has 1 aromatic carbocycles. The zero-order chi connectivity index (χ0) is 9.76. The van der Waals surface area contributed by atoms with Crippen LogP contribution in [-0.4, -0.2) is 5.11 Å². The van der Waals surface area contributed by atoms with Gasteiger partial charge in [-0.2, -0.15) is 0 Å². The first-order valence-corrected chi connectivity index (χ1v) is 5.37. The zero-order valence-electron chi connectivity index (χ0n) is 8.29. The van der Waals surface area contributed by atoms with Crippen molar-refractivity contribution in [1.82, 2.24) is 0 Å². The highest BCUT2D eigenvalue weighted by Crippen LogP contribution is 2.64.